The molecule has 10 heteroatoms. The molecule has 0 atom stereocenters. The van der Waals surface area contributed by atoms with Gasteiger partial charge in [-0.15, -0.1) is 0 Å². The topological polar surface area (TPSA) is 114 Å². The van der Waals surface area contributed by atoms with Crippen molar-refractivity contribution in [1.82, 2.24) is 0 Å². The summed E-state index contributed by atoms with van der Waals surface area (Å²) in [5, 5.41) is 2.10. The van der Waals surface area contributed by atoms with Crippen molar-refractivity contribution in [3.05, 3.63) is 72.8 Å². The molecule has 0 saturated heterocycles. The molecule has 142 valence electrons. The van der Waals surface area contributed by atoms with Crippen LogP contribution in [0.25, 0.3) is 32.7 Å². The molecule has 30 heavy (non-hydrogen) atoms. The molecule has 0 amide bonds. The maximum Gasteiger partial charge on any atom is 1.00 e. The predicted molar refractivity (Wildman–Crippen MR) is 103 cm³/mol. The number of rotatable bonds is 3. The second-order valence-electron chi connectivity index (χ2n) is 6.23. The van der Waals surface area contributed by atoms with Crippen LogP contribution in [0, 0.1) is 0 Å². The second-order valence-corrected chi connectivity index (χ2v) is 8.90. The van der Waals surface area contributed by atoms with Crippen LogP contribution in [0.1, 0.15) is 0 Å². The first-order valence-electron chi connectivity index (χ1n) is 8.13. The summed E-state index contributed by atoms with van der Waals surface area (Å²) in [7, 11) is -10.5. The van der Waals surface area contributed by atoms with Gasteiger partial charge in [-0.1, -0.05) is 66.7 Å². The van der Waals surface area contributed by atoms with Gasteiger partial charge in [-0.3, -0.25) is 0 Å². The maximum atomic E-state index is 12.1. The minimum atomic E-state index is -5.28. The fourth-order valence-electron chi connectivity index (χ4n) is 3.45. The van der Waals surface area contributed by atoms with E-state index in [4.69, 9.17) is 0 Å². The third-order valence-electron chi connectivity index (χ3n) is 4.55. The molecular formula is C20H12K2O6S2. The van der Waals surface area contributed by atoms with Crippen molar-refractivity contribution in [2.24, 2.45) is 0 Å². The average molecular weight is 491 g/mol. The van der Waals surface area contributed by atoms with Crippen LogP contribution in [0.15, 0.2) is 82.6 Å². The van der Waals surface area contributed by atoms with Gasteiger partial charge in [-0.25, -0.2) is 16.8 Å². The number of hydrogen-bond acceptors (Lipinski definition) is 6. The minimum Gasteiger partial charge on any atom is -0.744 e. The van der Waals surface area contributed by atoms with Crippen LogP contribution in [0.4, 0.5) is 0 Å². The first-order chi connectivity index (χ1) is 13.2. The summed E-state index contributed by atoms with van der Waals surface area (Å²) in [6.07, 6.45) is 0. The molecule has 0 unspecified atom stereocenters. The van der Waals surface area contributed by atoms with Gasteiger partial charge in [0.25, 0.3) is 0 Å². The molecule has 0 saturated carbocycles. The predicted octanol–water partition coefficient (Wildman–Crippen LogP) is -2.52. The summed E-state index contributed by atoms with van der Waals surface area (Å²) in [6.45, 7) is 0. The molecule has 0 aliphatic heterocycles. The van der Waals surface area contributed by atoms with E-state index in [0.717, 1.165) is 11.5 Å². The third kappa shape index (κ3) is 5.18. The zero-order valence-corrected chi connectivity index (χ0v) is 24.1. The van der Waals surface area contributed by atoms with Crippen LogP contribution in [0.2, 0.25) is 0 Å². The van der Waals surface area contributed by atoms with Crippen molar-refractivity contribution < 1.29 is 129 Å². The quantitative estimate of drug-likeness (QED) is 0.231. The van der Waals surface area contributed by atoms with Gasteiger partial charge < -0.3 is 9.11 Å². The summed E-state index contributed by atoms with van der Waals surface area (Å²) in [5.41, 5.74) is 0.272. The van der Waals surface area contributed by atoms with Crippen molar-refractivity contribution in [2.75, 3.05) is 0 Å². The van der Waals surface area contributed by atoms with Crippen LogP contribution < -0.4 is 103 Å². The first kappa shape index (κ1) is 26.7. The Morgan fingerprint density at radius 2 is 1.13 bits per heavy atom. The van der Waals surface area contributed by atoms with E-state index in [1.807, 2.05) is 0 Å². The molecule has 0 fully saturated rings. The Labute approximate surface area is 259 Å². The Morgan fingerprint density at radius 3 is 1.73 bits per heavy atom. The molecule has 0 aromatic heterocycles. The molecule has 0 heterocycles. The van der Waals surface area contributed by atoms with Crippen LogP contribution in [0.3, 0.4) is 0 Å². The molecular weight excluding hydrogens is 479 g/mol. The van der Waals surface area contributed by atoms with Gasteiger partial charge >= 0.3 is 103 Å². The maximum absolute atomic E-state index is 12.1. The molecule has 0 spiro atoms. The van der Waals surface area contributed by atoms with Gasteiger partial charge in [0.05, 0.1) is 9.79 Å². The van der Waals surface area contributed by atoms with Crippen LogP contribution >= 0.6 is 0 Å². The number of fused-ring (bicyclic) bond motifs is 2. The van der Waals surface area contributed by atoms with Crippen molar-refractivity contribution in [1.29, 1.82) is 0 Å². The molecule has 6 nitrogen and oxygen atoms in total. The van der Waals surface area contributed by atoms with Gasteiger partial charge in [0, 0.05) is 5.56 Å². The van der Waals surface area contributed by atoms with E-state index >= 15 is 0 Å². The Bertz CT molecular complexity index is 1460. The van der Waals surface area contributed by atoms with Crippen molar-refractivity contribution in [2.45, 2.75) is 9.79 Å². The zero-order chi connectivity index (χ0) is 20.1. The summed E-state index contributed by atoms with van der Waals surface area (Å²) < 4.78 is 71.8. The Kier molecular flexibility index (Phi) is 9.08. The van der Waals surface area contributed by atoms with Gasteiger partial charge in [0.1, 0.15) is 20.2 Å². The molecule has 0 aliphatic carbocycles. The molecule has 0 aliphatic rings. The van der Waals surface area contributed by atoms with Gasteiger partial charge in [-0.2, -0.15) is 0 Å². The molecule has 4 rings (SSSR count). The molecule has 0 bridgehead atoms. The third-order valence-corrected chi connectivity index (χ3v) is 6.46. The molecule has 4 aromatic carbocycles. The number of hydrogen-bond donors (Lipinski definition) is 0. The van der Waals surface area contributed by atoms with E-state index in [1.165, 1.54) is 0 Å². The average Bonchev–Trinajstić information content (AvgIpc) is 2.64. The summed E-state index contributed by atoms with van der Waals surface area (Å²) >= 11 is 0. The second kappa shape index (κ2) is 10.2. The fraction of sp³-hybridized carbons (Fsp3) is 0. The fourth-order valence-corrected chi connectivity index (χ4v) is 5.44. The van der Waals surface area contributed by atoms with Crippen molar-refractivity contribution >= 4 is 41.8 Å². The van der Waals surface area contributed by atoms with Crippen LogP contribution in [-0.2, 0) is 20.2 Å². The molecule has 4 aromatic rings. The molecule has 0 N–H and O–H groups in total. The monoisotopic (exact) mass is 490 g/mol. The van der Waals surface area contributed by atoms with E-state index in [-0.39, 0.29) is 108 Å². The Hall–Kier alpha value is 0.493. The molecule has 0 radical (unpaired) electrons. The largest absolute Gasteiger partial charge is 1.00 e. The van der Waals surface area contributed by atoms with Gasteiger partial charge in [-0.05, 0) is 33.2 Å². The van der Waals surface area contributed by atoms with Gasteiger partial charge in [0.2, 0.25) is 0 Å². The Balaban J connectivity index is 0.00000160. The summed E-state index contributed by atoms with van der Waals surface area (Å²) in [4.78, 5) is -2.05. The standard InChI is InChI=1S/C20H14O6S2.2K/c21-27(22,23)18-12-14-7-2-4-10-16(14)19(20(18)28(24,25)26)17-11-5-8-13-6-1-3-9-15(13)17;;/h1-12H,(H,21,22,23)(H,24,25,26);;/q;2*+1/p-2. The summed E-state index contributed by atoms with van der Waals surface area (Å²) in [6, 6.07) is 19.5. The van der Waals surface area contributed by atoms with E-state index in [9.17, 15) is 25.9 Å². The van der Waals surface area contributed by atoms with Crippen LogP contribution in [0.5, 0.6) is 0 Å². The van der Waals surface area contributed by atoms with Crippen LogP contribution in [-0.4, -0.2) is 25.9 Å². The van der Waals surface area contributed by atoms with E-state index in [1.54, 1.807) is 66.7 Å². The van der Waals surface area contributed by atoms with Gasteiger partial charge in [0.15, 0.2) is 0 Å². The SMILES string of the molecule is O=S(=O)([O-])c1cc2ccccc2c(-c2cccc3ccccc23)c1S(=O)(=O)[O-].[K+].[K+]. The Morgan fingerprint density at radius 1 is 0.600 bits per heavy atom. The zero-order valence-electron chi connectivity index (χ0n) is 16.2. The normalized spacial score (nSPS) is 11.7. The van der Waals surface area contributed by atoms with E-state index in [2.05, 4.69) is 0 Å². The van der Waals surface area contributed by atoms with E-state index in [0.29, 0.717) is 21.7 Å². The minimum absolute atomic E-state index is 0. The smallest absolute Gasteiger partial charge is 0.744 e. The van der Waals surface area contributed by atoms with E-state index < -0.39 is 30.0 Å². The summed E-state index contributed by atoms with van der Waals surface area (Å²) in [5.74, 6) is 0. The van der Waals surface area contributed by atoms with Crippen molar-refractivity contribution in [3.63, 3.8) is 0 Å². The first-order valence-corrected chi connectivity index (χ1v) is 11.0. The van der Waals surface area contributed by atoms with Crippen molar-refractivity contribution in [3.8, 4) is 11.1 Å². The number of benzene rings is 4.